The molecule has 3 atom stereocenters. The van der Waals surface area contributed by atoms with E-state index >= 15 is 0 Å². The van der Waals surface area contributed by atoms with Crippen molar-refractivity contribution in [2.45, 2.75) is 72.7 Å². The van der Waals surface area contributed by atoms with Crippen LogP contribution < -0.4 is 0 Å². The number of hydrogen-bond donors (Lipinski definition) is 0. The van der Waals surface area contributed by atoms with Gasteiger partial charge in [0.15, 0.2) is 0 Å². The summed E-state index contributed by atoms with van der Waals surface area (Å²) in [5, 5.41) is 0. The molecule has 1 heterocycles. The largest absolute Gasteiger partial charge is 0.444 e. The highest BCUT2D eigenvalue weighted by molar-refractivity contribution is 6.18. The van der Waals surface area contributed by atoms with E-state index in [9.17, 15) is 9.59 Å². The molecule has 0 saturated carbocycles. The smallest absolute Gasteiger partial charge is 0.412 e. The van der Waals surface area contributed by atoms with Crippen molar-refractivity contribution < 1.29 is 14.3 Å². The molecule has 0 aromatic carbocycles. The van der Waals surface area contributed by atoms with Crippen LogP contribution in [0.2, 0.25) is 0 Å². The average Bonchev–Trinajstić information content (AvgIpc) is 2.61. The van der Waals surface area contributed by atoms with Gasteiger partial charge in [0, 0.05) is 18.3 Å². The average molecular weight is 347 g/mol. The van der Waals surface area contributed by atoms with Crippen LogP contribution in [0.1, 0.15) is 54.9 Å². The topological polar surface area (TPSA) is 49.9 Å². The molecule has 23 heavy (non-hydrogen) atoms. The van der Waals surface area contributed by atoms with E-state index in [2.05, 4.69) is 0 Å². The first-order valence-electron chi connectivity index (χ1n) is 8.13. The summed E-state index contributed by atoms with van der Waals surface area (Å²) in [5.41, 5.74) is -0.882. The number of halogens is 1. The van der Waals surface area contributed by atoms with Crippen LogP contribution >= 0.6 is 11.6 Å². The maximum Gasteiger partial charge on any atom is 0.412 e. The lowest BCUT2D eigenvalue weighted by molar-refractivity contribution is -0.130. The third kappa shape index (κ3) is 4.75. The first-order valence-corrected chi connectivity index (χ1v) is 8.67. The monoisotopic (exact) mass is 346 g/mol. The summed E-state index contributed by atoms with van der Waals surface area (Å²) in [6, 6.07) is -0.521. The molecule has 1 aliphatic heterocycles. The zero-order valence-corrected chi connectivity index (χ0v) is 16.4. The van der Waals surface area contributed by atoms with Gasteiger partial charge in [-0.2, -0.15) is 0 Å². The zero-order valence-electron chi connectivity index (χ0n) is 15.6. The summed E-state index contributed by atoms with van der Waals surface area (Å²) in [5.74, 6) is 0.547. The van der Waals surface area contributed by atoms with E-state index in [-0.39, 0.29) is 23.4 Å². The number of nitrogens with zero attached hydrogens (tertiary/aromatic N) is 2. The molecule has 0 N–H and O–H groups in total. The molecule has 5 nitrogen and oxygen atoms in total. The van der Waals surface area contributed by atoms with E-state index in [1.807, 2.05) is 48.5 Å². The van der Waals surface area contributed by atoms with Gasteiger partial charge in [0.2, 0.25) is 5.91 Å². The third-order valence-electron chi connectivity index (χ3n) is 3.87. The van der Waals surface area contributed by atoms with Gasteiger partial charge >= 0.3 is 6.09 Å². The van der Waals surface area contributed by atoms with Gasteiger partial charge in [-0.15, -0.1) is 11.6 Å². The summed E-state index contributed by atoms with van der Waals surface area (Å²) in [6.45, 7) is 13.5. The molecular weight excluding hydrogens is 316 g/mol. The Balaban J connectivity index is 3.21. The zero-order chi connectivity index (χ0) is 18.2. The van der Waals surface area contributed by atoms with Gasteiger partial charge in [0.25, 0.3) is 0 Å². The van der Waals surface area contributed by atoms with Gasteiger partial charge in [-0.25, -0.2) is 4.79 Å². The predicted octanol–water partition coefficient (Wildman–Crippen LogP) is 3.70. The molecule has 0 aromatic rings. The molecule has 0 aromatic heterocycles. The number of rotatable bonds is 3. The normalized spacial score (nSPS) is 24.1. The summed E-state index contributed by atoms with van der Waals surface area (Å²) in [6.07, 6.45) is -0.238. The second kappa shape index (κ2) is 6.88. The number of carbonyl (C=O) groups is 2. The van der Waals surface area contributed by atoms with Crippen molar-refractivity contribution >= 4 is 23.6 Å². The minimum Gasteiger partial charge on any atom is -0.444 e. The highest BCUT2D eigenvalue weighted by Gasteiger charge is 2.52. The van der Waals surface area contributed by atoms with Gasteiger partial charge in [-0.05, 0) is 33.1 Å². The van der Waals surface area contributed by atoms with Crippen molar-refractivity contribution in [1.29, 1.82) is 0 Å². The Bertz CT molecular complexity index is 454. The maximum atomic E-state index is 12.8. The number of likely N-dealkylation sites (N-methyl/N-ethyl adjacent to an activating group) is 1. The molecule has 1 aliphatic rings. The molecule has 134 valence electrons. The van der Waals surface area contributed by atoms with Crippen molar-refractivity contribution in [2.75, 3.05) is 12.9 Å². The minimum absolute atomic E-state index is 0.0484. The number of carbonyl (C=O) groups excluding carboxylic acids is 2. The highest BCUT2D eigenvalue weighted by atomic mass is 35.5. The second-order valence-electron chi connectivity index (χ2n) is 8.59. The number of alkyl halides is 1. The van der Waals surface area contributed by atoms with E-state index in [0.717, 1.165) is 0 Å². The lowest BCUT2D eigenvalue weighted by atomic mass is 9.91. The van der Waals surface area contributed by atoms with Gasteiger partial charge in [0.05, 0.1) is 0 Å². The first-order chi connectivity index (χ1) is 10.3. The summed E-state index contributed by atoms with van der Waals surface area (Å²) < 4.78 is 5.56. The molecule has 3 unspecified atom stereocenters. The highest BCUT2D eigenvalue weighted by Crippen LogP contribution is 2.36. The Morgan fingerprint density at radius 2 is 1.78 bits per heavy atom. The molecule has 0 spiro atoms. The van der Waals surface area contributed by atoms with E-state index in [1.54, 1.807) is 16.8 Å². The standard InChI is InChI=1S/C17H31ClN2O3/c1-11(10-18)9-12-13(21)19(8)14(16(2,3)4)20(12)15(22)23-17(5,6)7/h11-12,14H,9-10H2,1-8H3. The van der Waals surface area contributed by atoms with Crippen LogP contribution in [0, 0.1) is 11.3 Å². The van der Waals surface area contributed by atoms with Crippen molar-refractivity contribution in [3.63, 3.8) is 0 Å². The Hall–Kier alpha value is -0.970. The predicted molar refractivity (Wildman–Crippen MR) is 92.4 cm³/mol. The van der Waals surface area contributed by atoms with Crippen LogP contribution in [0.5, 0.6) is 0 Å². The van der Waals surface area contributed by atoms with Gasteiger partial charge < -0.3 is 9.64 Å². The van der Waals surface area contributed by atoms with Crippen LogP contribution in [0.3, 0.4) is 0 Å². The molecule has 0 bridgehead atoms. The van der Waals surface area contributed by atoms with Crippen molar-refractivity contribution in [2.24, 2.45) is 11.3 Å². The number of hydrogen-bond acceptors (Lipinski definition) is 3. The fourth-order valence-electron chi connectivity index (χ4n) is 3.03. The minimum atomic E-state index is -0.605. The van der Waals surface area contributed by atoms with Crippen LogP contribution in [-0.2, 0) is 9.53 Å². The van der Waals surface area contributed by atoms with Crippen LogP contribution in [0.25, 0.3) is 0 Å². The molecule has 0 aliphatic carbocycles. The summed E-state index contributed by atoms with van der Waals surface area (Å²) in [4.78, 5) is 28.8. The van der Waals surface area contributed by atoms with E-state index in [1.165, 1.54) is 0 Å². The quantitative estimate of drug-likeness (QED) is 0.732. The van der Waals surface area contributed by atoms with E-state index < -0.39 is 17.7 Å². The van der Waals surface area contributed by atoms with E-state index in [0.29, 0.717) is 12.3 Å². The van der Waals surface area contributed by atoms with Gasteiger partial charge in [0.1, 0.15) is 17.8 Å². The van der Waals surface area contributed by atoms with Crippen LogP contribution in [0.4, 0.5) is 4.79 Å². The SMILES string of the molecule is CC(CCl)CC1C(=O)N(C)C(C(C)(C)C)N1C(=O)OC(C)(C)C. The van der Waals surface area contributed by atoms with Crippen molar-refractivity contribution in [3.8, 4) is 0 Å². The van der Waals surface area contributed by atoms with Gasteiger partial charge in [-0.3, -0.25) is 9.69 Å². The van der Waals surface area contributed by atoms with Crippen LogP contribution in [-0.4, -0.2) is 52.5 Å². The lowest BCUT2D eigenvalue weighted by Crippen LogP contribution is -2.52. The van der Waals surface area contributed by atoms with E-state index in [4.69, 9.17) is 16.3 Å². The molecule has 1 fully saturated rings. The lowest BCUT2D eigenvalue weighted by Gasteiger charge is -2.39. The fourth-order valence-corrected chi connectivity index (χ4v) is 3.16. The maximum absolute atomic E-state index is 12.8. The molecule has 6 heteroatoms. The van der Waals surface area contributed by atoms with Crippen LogP contribution in [0.15, 0.2) is 0 Å². The Kier molecular flexibility index (Phi) is 6.00. The second-order valence-corrected chi connectivity index (χ2v) is 8.90. The molecule has 1 rings (SSSR count). The molecule has 0 radical (unpaired) electrons. The number of ether oxygens (including phenoxy) is 1. The Morgan fingerprint density at radius 3 is 2.17 bits per heavy atom. The fraction of sp³-hybridized carbons (Fsp3) is 0.882. The molecular formula is C17H31ClN2O3. The number of amides is 2. The van der Waals surface area contributed by atoms with Gasteiger partial charge in [-0.1, -0.05) is 27.7 Å². The molecule has 1 saturated heterocycles. The third-order valence-corrected chi connectivity index (χ3v) is 4.39. The summed E-state index contributed by atoms with van der Waals surface area (Å²) >= 11 is 5.91. The Labute approximate surface area is 145 Å². The first kappa shape index (κ1) is 20.1. The Morgan fingerprint density at radius 1 is 1.26 bits per heavy atom. The summed E-state index contributed by atoms with van der Waals surface area (Å²) in [7, 11) is 1.75. The molecule has 2 amide bonds. The van der Waals surface area contributed by atoms with Crippen molar-refractivity contribution in [3.05, 3.63) is 0 Å². The van der Waals surface area contributed by atoms with Crippen molar-refractivity contribution in [1.82, 2.24) is 9.80 Å².